The molecule has 0 saturated carbocycles. The van der Waals surface area contributed by atoms with Crippen molar-refractivity contribution in [3.8, 4) is 0 Å². The van der Waals surface area contributed by atoms with Gasteiger partial charge < -0.3 is 15.4 Å². The zero-order chi connectivity index (χ0) is 15.3. The Bertz CT molecular complexity index is 475. The van der Waals surface area contributed by atoms with Gasteiger partial charge in [0, 0.05) is 19.3 Å². The number of hydrogen-bond acceptors (Lipinski definition) is 4. The van der Waals surface area contributed by atoms with Gasteiger partial charge in [0.1, 0.15) is 5.82 Å². The fourth-order valence-electron chi connectivity index (χ4n) is 1.83. The van der Waals surface area contributed by atoms with Crippen LogP contribution in [0.2, 0.25) is 0 Å². The molecule has 0 saturated heterocycles. The van der Waals surface area contributed by atoms with E-state index in [4.69, 9.17) is 10.5 Å². The van der Waals surface area contributed by atoms with E-state index < -0.39 is 11.8 Å². The molecule has 0 aliphatic heterocycles. The maximum Gasteiger partial charge on any atom is 0.340 e. The van der Waals surface area contributed by atoms with Gasteiger partial charge in [-0.05, 0) is 31.4 Å². The highest BCUT2D eigenvalue weighted by Crippen LogP contribution is 2.26. The number of anilines is 2. The Hall–Kier alpha value is -1.78. The van der Waals surface area contributed by atoms with Crippen molar-refractivity contribution in [3.63, 3.8) is 0 Å². The van der Waals surface area contributed by atoms with Crippen LogP contribution in [-0.2, 0) is 4.74 Å². The van der Waals surface area contributed by atoms with Crippen molar-refractivity contribution in [1.82, 2.24) is 0 Å². The summed E-state index contributed by atoms with van der Waals surface area (Å²) < 4.78 is 18.9. The van der Waals surface area contributed by atoms with E-state index in [1.165, 1.54) is 12.1 Å². The third-order valence-electron chi connectivity index (χ3n) is 3.07. The first kappa shape index (κ1) is 16.3. The van der Waals surface area contributed by atoms with Crippen LogP contribution in [0.3, 0.4) is 0 Å². The van der Waals surface area contributed by atoms with E-state index >= 15 is 0 Å². The molecule has 0 heterocycles. The highest BCUT2D eigenvalue weighted by molar-refractivity contribution is 5.96. The van der Waals surface area contributed by atoms with E-state index in [-0.39, 0.29) is 17.9 Å². The summed E-state index contributed by atoms with van der Waals surface area (Å²) in [7, 11) is 1.80. The minimum absolute atomic E-state index is 0.0990. The normalized spacial score (nSPS) is 10.7. The molecular formula is C15H23FN2O2. The third-order valence-corrected chi connectivity index (χ3v) is 3.07. The first-order valence-electron chi connectivity index (χ1n) is 6.84. The van der Waals surface area contributed by atoms with Crippen LogP contribution in [0.5, 0.6) is 0 Å². The number of esters is 1. The molecular weight excluding hydrogens is 259 g/mol. The quantitative estimate of drug-likeness (QED) is 0.643. The molecule has 0 aromatic heterocycles. The lowest BCUT2D eigenvalue weighted by Gasteiger charge is -2.22. The van der Waals surface area contributed by atoms with Crippen molar-refractivity contribution in [2.24, 2.45) is 5.92 Å². The predicted octanol–water partition coefficient (Wildman–Crippen LogP) is 3.07. The van der Waals surface area contributed by atoms with Gasteiger partial charge in [-0.3, -0.25) is 0 Å². The first-order chi connectivity index (χ1) is 9.36. The maximum atomic E-state index is 14.0. The third kappa shape index (κ3) is 4.11. The Morgan fingerprint density at radius 3 is 2.65 bits per heavy atom. The van der Waals surface area contributed by atoms with Crippen molar-refractivity contribution >= 4 is 17.3 Å². The zero-order valence-electron chi connectivity index (χ0n) is 12.6. The molecule has 0 amide bonds. The second-order valence-electron chi connectivity index (χ2n) is 5.22. The number of benzene rings is 1. The Labute approximate surface area is 119 Å². The SMILES string of the molecule is CCOC(=O)c1cc(N(C)CCC(C)C)c(F)cc1N. The topological polar surface area (TPSA) is 55.6 Å². The number of ether oxygens (including phenoxy) is 1. The summed E-state index contributed by atoms with van der Waals surface area (Å²) in [5.74, 6) is -0.427. The fourth-order valence-corrected chi connectivity index (χ4v) is 1.83. The summed E-state index contributed by atoms with van der Waals surface area (Å²) in [6.07, 6.45) is 0.940. The minimum Gasteiger partial charge on any atom is -0.462 e. The van der Waals surface area contributed by atoms with E-state index in [2.05, 4.69) is 13.8 Å². The van der Waals surface area contributed by atoms with E-state index in [1.807, 2.05) is 0 Å². The smallest absolute Gasteiger partial charge is 0.340 e. The van der Waals surface area contributed by atoms with Crippen LogP contribution < -0.4 is 10.6 Å². The molecule has 1 aromatic carbocycles. The van der Waals surface area contributed by atoms with Crippen molar-refractivity contribution in [2.75, 3.05) is 30.8 Å². The zero-order valence-corrected chi connectivity index (χ0v) is 12.6. The molecule has 0 unspecified atom stereocenters. The summed E-state index contributed by atoms with van der Waals surface area (Å²) in [5.41, 5.74) is 6.36. The van der Waals surface area contributed by atoms with Crippen molar-refractivity contribution in [3.05, 3.63) is 23.5 Å². The molecule has 20 heavy (non-hydrogen) atoms. The first-order valence-corrected chi connectivity index (χ1v) is 6.84. The number of halogens is 1. The van der Waals surface area contributed by atoms with Crippen LogP contribution >= 0.6 is 0 Å². The van der Waals surface area contributed by atoms with E-state index in [0.29, 0.717) is 18.2 Å². The second kappa shape index (κ2) is 7.12. The van der Waals surface area contributed by atoms with Crippen LogP contribution in [0.4, 0.5) is 15.8 Å². The van der Waals surface area contributed by atoms with Crippen LogP contribution in [0.25, 0.3) is 0 Å². The van der Waals surface area contributed by atoms with Gasteiger partial charge in [-0.25, -0.2) is 9.18 Å². The lowest BCUT2D eigenvalue weighted by molar-refractivity contribution is 0.0527. The van der Waals surface area contributed by atoms with Gasteiger partial charge in [-0.15, -0.1) is 0 Å². The lowest BCUT2D eigenvalue weighted by atomic mass is 10.1. The Morgan fingerprint density at radius 1 is 1.45 bits per heavy atom. The van der Waals surface area contributed by atoms with Crippen LogP contribution in [-0.4, -0.2) is 26.2 Å². The molecule has 0 aliphatic carbocycles. The number of nitrogens with zero attached hydrogens (tertiary/aromatic N) is 1. The molecule has 112 valence electrons. The average molecular weight is 282 g/mol. The standard InChI is InChI=1S/C15H23FN2O2/c1-5-20-15(19)11-8-14(12(16)9-13(11)17)18(4)7-6-10(2)3/h8-10H,5-7,17H2,1-4H3. The van der Waals surface area contributed by atoms with E-state index in [0.717, 1.165) is 6.42 Å². The van der Waals surface area contributed by atoms with Gasteiger partial charge in [0.15, 0.2) is 0 Å². The second-order valence-corrected chi connectivity index (χ2v) is 5.22. The molecule has 2 N–H and O–H groups in total. The number of carbonyl (C=O) groups is 1. The minimum atomic E-state index is -0.525. The summed E-state index contributed by atoms with van der Waals surface area (Å²) in [6.45, 7) is 6.90. The molecule has 0 atom stereocenters. The van der Waals surface area contributed by atoms with Gasteiger partial charge >= 0.3 is 5.97 Å². The molecule has 0 spiro atoms. The monoisotopic (exact) mass is 282 g/mol. The van der Waals surface area contributed by atoms with E-state index in [9.17, 15) is 9.18 Å². The average Bonchev–Trinajstić information content (AvgIpc) is 2.36. The number of hydrogen-bond donors (Lipinski definition) is 1. The molecule has 4 nitrogen and oxygen atoms in total. The number of nitrogen functional groups attached to an aromatic ring is 1. The van der Waals surface area contributed by atoms with Crippen molar-refractivity contribution in [1.29, 1.82) is 0 Å². The molecule has 1 aromatic rings. The van der Waals surface area contributed by atoms with Gasteiger partial charge in [0.05, 0.1) is 17.9 Å². The summed E-state index contributed by atoms with van der Waals surface area (Å²) in [5, 5.41) is 0. The van der Waals surface area contributed by atoms with Crippen LogP contribution in [0.15, 0.2) is 12.1 Å². The molecule has 0 radical (unpaired) electrons. The van der Waals surface area contributed by atoms with Crippen LogP contribution in [0.1, 0.15) is 37.6 Å². The Morgan fingerprint density at radius 2 is 2.10 bits per heavy atom. The maximum absolute atomic E-state index is 14.0. The number of nitrogens with two attached hydrogens (primary N) is 1. The molecule has 5 heteroatoms. The van der Waals surface area contributed by atoms with Gasteiger partial charge in [-0.1, -0.05) is 13.8 Å². The number of rotatable bonds is 6. The highest BCUT2D eigenvalue weighted by atomic mass is 19.1. The van der Waals surface area contributed by atoms with Crippen molar-refractivity contribution in [2.45, 2.75) is 27.2 Å². The summed E-state index contributed by atoms with van der Waals surface area (Å²) in [4.78, 5) is 13.6. The highest BCUT2D eigenvalue weighted by Gasteiger charge is 2.17. The van der Waals surface area contributed by atoms with E-state index in [1.54, 1.807) is 18.9 Å². The van der Waals surface area contributed by atoms with Gasteiger partial charge in [-0.2, -0.15) is 0 Å². The number of carbonyl (C=O) groups excluding carboxylic acids is 1. The predicted molar refractivity (Wildman–Crippen MR) is 79.5 cm³/mol. The molecule has 0 fully saturated rings. The fraction of sp³-hybridized carbons (Fsp3) is 0.533. The Kier molecular flexibility index (Phi) is 5.80. The van der Waals surface area contributed by atoms with Gasteiger partial charge in [0.2, 0.25) is 0 Å². The van der Waals surface area contributed by atoms with Crippen LogP contribution in [0, 0.1) is 11.7 Å². The molecule has 0 bridgehead atoms. The molecule has 1 rings (SSSR count). The van der Waals surface area contributed by atoms with Crippen molar-refractivity contribution < 1.29 is 13.9 Å². The lowest BCUT2D eigenvalue weighted by Crippen LogP contribution is -2.22. The molecule has 0 aliphatic rings. The summed E-state index contributed by atoms with van der Waals surface area (Å²) in [6, 6.07) is 2.64. The van der Waals surface area contributed by atoms with Gasteiger partial charge in [0.25, 0.3) is 0 Å². The largest absolute Gasteiger partial charge is 0.462 e. The summed E-state index contributed by atoms with van der Waals surface area (Å²) >= 11 is 0. The Balaban J connectivity index is 3.01.